The summed E-state index contributed by atoms with van der Waals surface area (Å²) in [4.78, 5) is 2.30. The molecule has 2 unspecified atom stereocenters. The van der Waals surface area contributed by atoms with Gasteiger partial charge in [0.1, 0.15) is 11.4 Å². The lowest BCUT2D eigenvalue weighted by atomic mass is 9.89. The van der Waals surface area contributed by atoms with Crippen LogP contribution in [0.5, 0.6) is 5.75 Å². The molecule has 7 rings (SSSR count). The van der Waals surface area contributed by atoms with Crippen molar-refractivity contribution in [3.63, 3.8) is 0 Å². The van der Waals surface area contributed by atoms with Gasteiger partial charge in [-0.15, -0.1) is 0 Å². The zero-order valence-corrected chi connectivity index (χ0v) is 17.0. The number of hydrogen-bond acceptors (Lipinski definition) is 3. The van der Waals surface area contributed by atoms with Gasteiger partial charge in [-0.1, -0.05) is 54.6 Å². The number of nitrogens with zero attached hydrogens (tertiary/aromatic N) is 1. The molecule has 3 heteroatoms. The van der Waals surface area contributed by atoms with E-state index in [9.17, 15) is 0 Å². The van der Waals surface area contributed by atoms with Crippen molar-refractivity contribution >= 4 is 17.5 Å². The molecular formula is C27H23NO2. The van der Waals surface area contributed by atoms with Crippen LogP contribution >= 0.6 is 0 Å². The van der Waals surface area contributed by atoms with Gasteiger partial charge >= 0.3 is 0 Å². The van der Waals surface area contributed by atoms with Crippen molar-refractivity contribution in [2.45, 2.75) is 31.8 Å². The van der Waals surface area contributed by atoms with Crippen LogP contribution < -0.4 is 9.64 Å². The first-order valence-electron chi connectivity index (χ1n) is 10.9. The van der Waals surface area contributed by atoms with Gasteiger partial charge < -0.3 is 9.47 Å². The van der Waals surface area contributed by atoms with E-state index in [1.165, 1.54) is 22.3 Å². The summed E-state index contributed by atoms with van der Waals surface area (Å²) in [6, 6.07) is 13.0. The van der Waals surface area contributed by atoms with Crippen LogP contribution in [0.2, 0.25) is 0 Å². The van der Waals surface area contributed by atoms with Crippen molar-refractivity contribution in [3.05, 3.63) is 94.9 Å². The smallest absolute Gasteiger partial charge is 0.203 e. The van der Waals surface area contributed by atoms with Gasteiger partial charge in [-0.25, -0.2) is 0 Å². The number of aryl methyl sites for hydroxylation is 1. The van der Waals surface area contributed by atoms with Gasteiger partial charge in [-0.3, -0.25) is 4.90 Å². The Morgan fingerprint density at radius 1 is 0.967 bits per heavy atom. The maximum atomic E-state index is 6.81. The SMILES string of the molecule is Cc1ccc(N2C3=C(C=Cc4ccccc42)C24C=CC=CC2(C4)O3)c2c1CCCO2. The third-order valence-corrected chi connectivity index (χ3v) is 7.36. The van der Waals surface area contributed by atoms with Crippen LogP contribution in [0.3, 0.4) is 0 Å². The molecule has 0 saturated heterocycles. The van der Waals surface area contributed by atoms with Crippen molar-refractivity contribution < 1.29 is 9.47 Å². The number of anilines is 2. The van der Waals surface area contributed by atoms with Gasteiger partial charge in [0.05, 0.1) is 23.4 Å². The molecular weight excluding hydrogens is 370 g/mol. The second-order valence-corrected chi connectivity index (χ2v) is 8.97. The van der Waals surface area contributed by atoms with Crippen LogP contribution in [0, 0.1) is 12.3 Å². The molecule has 2 aliphatic carbocycles. The lowest BCUT2D eigenvalue weighted by Crippen LogP contribution is -2.24. The average molecular weight is 393 g/mol. The highest BCUT2D eigenvalue weighted by Gasteiger charge is 2.74. The fraction of sp³-hybridized carbons (Fsp3) is 0.259. The highest BCUT2D eigenvalue weighted by molar-refractivity contribution is 5.85. The summed E-state index contributed by atoms with van der Waals surface area (Å²) in [6.07, 6.45) is 16.5. The summed E-state index contributed by atoms with van der Waals surface area (Å²) >= 11 is 0. The van der Waals surface area contributed by atoms with Gasteiger partial charge in [0, 0.05) is 12.0 Å². The Kier molecular flexibility index (Phi) is 3.03. The van der Waals surface area contributed by atoms with Crippen LogP contribution in [0.1, 0.15) is 29.5 Å². The maximum Gasteiger partial charge on any atom is 0.203 e. The van der Waals surface area contributed by atoms with Crippen LogP contribution in [0.25, 0.3) is 6.08 Å². The number of para-hydroxylation sites is 1. The molecule has 0 N–H and O–H groups in total. The molecule has 2 aromatic carbocycles. The van der Waals surface area contributed by atoms with Crippen molar-refractivity contribution in [2.24, 2.45) is 5.41 Å². The van der Waals surface area contributed by atoms with Crippen LogP contribution in [-0.4, -0.2) is 12.2 Å². The molecule has 0 radical (unpaired) electrons. The molecule has 1 saturated carbocycles. The number of benzene rings is 2. The van der Waals surface area contributed by atoms with Crippen molar-refractivity contribution in [1.82, 2.24) is 0 Å². The molecule has 3 heterocycles. The first-order chi connectivity index (χ1) is 14.7. The van der Waals surface area contributed by atoms with E-state index in [1.54, 1.807) is 0 Å². The molecule has 2 aromatic rings. The summed E-state index contributed by atoms with van der Waals surface area (Å²) in [6.45, 7) is 2.95. The summed E-state index contributed by atoms with van der Waals surface area (Å²) in [7, 11) is 0. The average Bonchev–Trinajstić information content (AvgIpc) is 3.41. The number of fused-ring (bicyclic) bond motifs is 2. The summed E-state index contributed by atoms with van der Waals surface area (Å²) in [5.41, 5.74) is 7.04. The number of allylic oxidation sites excluding steroid dienone is 3. The fourth-order valence-corrected chi connectivity index (χ4v) is 5.73. The van der Waals surface area contributed by atoms with Crippen LogP contribution in [-0.2, 0) is 11.2 Å². The van der Waals surface area contributed by atoms with E-state index in [0.717, 1.165) is 48.9 Å². The van der Waals surface area contributed by atoms with Gasteiger partial charge in [-0.2, -0.15) is 0 Å². The molecule has 0 amide bonds. The Bertz CT molecular complexity index is 1230. The number of ether oxygens (including phenoxy) is 2. The normalized spacial score (nSPS) is 29.2. The third-order valence-electron chi connectivity index (χ3n) is 7.36. The molecule has 0 bridgehead atoms. The number of rotatable bonds is 1. The molecule has 3 nitrogen and oxygen atoms in total. The minimum atomic E-state index is -0.229. The van der Waals surface area contributed by atoms with E-state index in [-0.39, 0.29) is 11.0 Å². The highest BCUT2D eigenvalue weighted by atomic mass is 16.5. The zero-order chi connectivity index (χ0) is 19.9. The highest BCUT2D eigenvalue weighted by Crippen LogP contribution is 2.73. The molecule has 30 heavy (non-hydrogen) atoms. The first kappa shape index (κ1) is 16.6. The Morgan fingerprint density at radius 2 is 1.87 bits per heavy atom. The fourth-order valence-electron chi connectivity index (χ4n) is 5.73. The van der Waals surface area contributed by atoms with Crippen LogP contribution in [0.4, 0.5) is 11.4 Å². The largest absolute Gasteiger partial charge is 0.491 e. The van der Waals surface area contributed by atoms with E-state index in [0.29, 0.717) is 0 Å². The second-order valence-electron chi connectivity index (χ2n) is 8.97. The molecule has 0 aromatic heterocycles. The predicted octanol–water partition coefficient (Wildman–Crippen LogP) is 5.98. The molecule has 1 fully saturated rings. The molecule has 5 aliphatic rings. The summed E-state index contributed by atoms with van der Waals surface area (Å²) in [5.74, 6) is 1.96. The summed E-state index contributed by atoms with van der Waals surface area (Å²) in [5, 5.41) is 0. The maximum absolute atomic E-state index is 6.81. The van der Waals surface area contributed by atoms with Crippen molar-refractivity contribution in [1.29, 1.82) is 0 Å². The van der Waals surface area contributed by atoms with Gasteiger partial charge in [-0.05, 0) is 54.7 Å². The molecule has 2 atom stereocenters. The van der Waals surface area contributed by atoms with Gasteiger partial charge in [0.25, 0.3) is 0 Å². The lowest BCUT2D eigenvalue weighted by Gasteiger charge is -2.32. The second kappa shape index (κ2) is 5.48. The lowest BCUT2D eigenvalue weighted by molar-refractivity contribution is 0.134. The van der Waals surface area contributed by atoms with Gasteiger partial charge in [0.2, 0.25) is 5.88 Å². The Morgan fingerprint density at radius 3 is 2.83 bits per heavy atom. The van der Waals surface area contributed by atoms with E-state index < -0.39 is 0 Å². The summed E-state index contributed by atoms with van der Waals surface area (Å²) < 4.78 is 13.1. The Balaban J connectivity index is 1.50. The zero-order valence-electron chi connectivity index (χ0n) is 17.0. The third kappa shape index (κ3) is 1.91. The predicted molar refractivity (Wildman–Crippen MR) is 119 cm³/mol. The van der Waals surface area contributed by atoms with E-state index >= 15 is 0 Å². The first-order valence-corrected chi connectivity index (χ1v) is 10.9. The van der Waals surface area contributed by atoms with E-state index in [2.05, 4.69) is 84.7 Å². The minimum Gasteiger partial charge on any atom is -0.491 e. The minimum absolute atomic E-state index is 0.0422. The standard InChI is InChI=1S/C27H23NO2/c1-18-10-13-23(24-20(18)8-6-16-29-24)28-22-9-3-2-7-19(22)11-12-21-25(28)30-27-15-5-4-14-26(21,27)17-27/h2-5,7,9-15H,6,8,16-17H2,1H3. The van der Waals surface area contributed by atoms with Crippen LogP contribution in [0.15, 0.2) is 78.2 Å². The number of hydrogen-bond donors (Lipinski definition) is 0. The monoisotopic (exact) mass is 393 g/mol. The molecule has 0 spiro atoms. The van der Waals surface area contributed by atoms with Gasteiger partial charge in [0.15, 0.2) is 0 Å². The Hall–Kier alpha value is -3.20. The van der Waals surface area contributed by atoms with E-state index in [1.807, 2.05) is 0 Å². The molecule has 148 valence electrons. The topological polar surface area (TPSA) is 21.7 Å². The quantitative estimate of drug-likeness (QED) is 0.595. The van der Waals surface area contributed by atoms with Crippen molar-refractivity contribution in [2.75, 3.05) is 11.5 Å². The van der Waals surface area contributed by atoms with Crippen molar-refractivity contribution in [3.8, 4) is 5.75 Å². The van der Waals surface area contributed by atoms with E-state index in [4.69, 9.17) is 9.47 Å². The Labute approximate surface area is 176 Å². The molecule has 3 aliphatic heterocycles.